The zero-order valence-electron chi connectivity index (χ0n) is 25.6. The number of ketones is 1. The van der Waals surface area contributed by atoms with E-state index in [1.165, 1.54) is 37.7 Å². The summed E-state index contributed by atoms with van der Waals surface area (Å²) < 4.78 is 5.85. The summed E-state index contributed by atoms with van der Waals surface area (Å²) in [5.41, 5.74) is 1.86. The van der Waals surface area contributed by atoms with E-state index in [1.807, 2.05) is 6.20 Å². The van der Waals surface area contributed by atoms with E-state index in [1.54, 1.807) is 0 Å². The summed E-state index contributed by atoms with van der Waals surface area (Å²) in [5.74, 6) is 2.38. The van der Waals surface area contributed by atoms with Gasteiger partial charge in [-0.3, -0.25) is 4.79 Å². The Bertz CT molecular complexity index is 1010. The third-order valence-electron chi connectivity index (χ3n) is 12.5. The first-order chi connectivity index (χ1) is 17.0. The van der Waals surface area contributed by atoms with Crippen LogP contribution in [0.15, 0.2) is 23.4 Å². The Balaban J connectivity index is 1.78. The van der Waals surface area contributed by atoms with Crippen molar-refractivity contribution in [3.63, 3.8) is 0 Å². The van der Waals surface area contributed by atoms with Crippen molar-refractivity contribution in [1.29, 1.82) is 0 Å². The summed E-state index contributed by atoms with van der Waals surface area (Å²) in [6, 6.07) is 0. The highest BCUT2D eigenvalue weighted by Crippen LogP contribution is 2.68. The van der Waals surface area contributed by atoms with Crippen molar-refractivity contribution in [1.82, 2.24) is 5.16 Å². The Morgan fingerprint density at radius 1 is 0.919 bits per heavy atom. The van der Waals surface area contributed by atoms with Crippen LogP contribution in [0.25, 0.3) is 0 Å². The van der Waals surface area contributed by atoms with E-state index < -0.39 is 0 Å². The van der Waals surface area contributed by atoms with Crippen molar-refractivity contribution in [3.8, 4) is 0 Å². The van der Waals surface area contributed by atoms with Gasteiger partial charge in [0.05, 0.1) is 6.20 Å². The Labute approximate surface area is 227 Å². The predicted molar refractivity (Wildman–Crippen MR) is 153 cm³/mol. The standard InChI is InChI=1S/C34H55NO2/c1-11-32(8)19-17-29(2,3)15-12-13-25(36)21-27-33(9)22-24-23-35-37-28(24)31(6,7)26(33)14-16-34(27,10)30(4,5)18-20-32/h11,23,26-27H,1,12-22H2,2-10H3/t26-,27+,32-,33-,34+/m0/s1. The van der Waals surface area contributed by atoms with E-state index >= 15 is 0 Å². The lowest BCUT2D eigenvalue weighted by Gasteiger charge is -2.65. The van der Waals surface area contributed by atoms with Crippen LogP contribution < -0.4 is 0 Å². The van der Waals surface area contributed by atoms with E-state index in [-0.39, 0.29) is 32.5 Å². The second kappa shape index (κ2) is 9.37. The van der Waals surface area contributed by atoms with Crippen molar-refractivity contribution in [2.75, 3.05) is 0 Å². The number of nitrogens with zero attached hydrogens (tertiary/aromatic N) is 1. The van der Waals surface area contributed by atoms with Crippen molar-refractivity contribution in [2.45, 2.75) is 138 Å². The maximum Gasteiger partial charge on any atom is 0.145 e. The molecule has 37 heavy (non-hydrogen) atoms. The molecule has 0 radical (unpaired) electrons. The SMILES string of the molecule is C=C[C@@]1(C)CCC(C)(C)CCCC(=O)C[C@@H]2[C@@]3(C)Cc4cnoc4C(C)(C)[C@@H]3CC[C@@]2(C)C(C)(C)CC1. The van der Waals surface area contributed by atoms with E-state index in [9.17, 15) is 4.79 Å². The van der Waals surface area contributed by atoms with Crippen molar-refractivity contribution in [2.24, 2.45) is 38.9 Å². The number of carbonyl (C=O) groups is 1. The van der Waals surface area contributed by atoms with Crippen LogP contribution in [-0.2, 0) is 16.6 Å². The summed E-state index contributed by atoms with van der Waals surface area (Å²) in [5, 5.41) is 4.24. The average molecular weight is 510 g/mol. The van der Waals surface area contributed by atoms with E-state index in [2.05, 4.69) is 80.1 Å². The Hall–Kier alpha value is -1.38. The molecule has 1 aromatic heterocycles. The van der Waals surface area contributed by atoms with Gasteiger partial charge in [0.1, 0.15) is 11.5 Å². The molecule has 2 saturated carbocycles. The third kappa shape index (κ3) is 4.91. The molecule has 0 unspecified atom stereocenters. The van der Waals surface area contributed by atoms with Crippen LogP contribution in [0, 0.1) is 38.9 Å². The molecular formula is C34H55NO2. The number of allylic oxidation sites excluding steroid dienone is 1. The molecule has 0 aliphatic heterocycles. The first kappa shape index (κ1) is 28.6. The number of hydrogen-bond donors (Lipinski definition) is 0. The summed E-state index contributed by atoms with van der Waals surface area (Å²) in [4.78, 5) is 13.8. The number of rotatable bonds is 1. The van der Waals surface area contributed by atoms with Gasteiger partial charge < -0.3 is 4.52 Å². The van der Waals surface area contributed by atoms with Crippen LogP contribution in [0.2, 0.25) is 0 Å². The normalized spacial score (nSPS) is 40.0. The topological polar surface area (TPSA) is 43.1 Å². The monoisotopic (exact) mass is 509 g/mol. The number of fused-ring (bicyclic) bond motifs is 4. The maximum absolute atomic E-state index is 13.8. The quantitative estimate of drug-likeness (QED) is 0.354. The molecule has 0 spiro atoms. The fourth-order valence-electron chi connectivity index (χ4n) is 9.16. The predicted octanol–water partition coefficient (Wildman–Crippen LogP) is 9.50. The van der Waals surface area contributed by atoms with Gasteiger partial charge in [0.15, 0.2) is 0 Å². The molecule has 1 aromatic rings. The van der Waals surface area contributed by atoms with Gasteiger partial charge >= 0.3 is 0 Å². The van der Waals surface area contributed by atoms with Crippen LogP contribution in [-0.4, -0.2) is 10.9 Å². The van der Waals surface area contributed by atoms with Gasteiger partial charge in [0.2, 0.25) is 0 Å². The van der Waals surface area contributed by atoms with Gasteiger partial charge in [-0.1, -0.05) is 73.5 Å². The molecule has 0 saturated heterocycles. The molecule has 3 aliphatic rings. The molecule has 1 heterocycles. The van der Waals surface area contributed by atoms with Crippen LogP contribution in [0.5, 0.6) is 0 Å². The Kier molecular flexibility index (Phi) is 7.25. The van der Waals surface area contributed by atoms with Crippen LogP contribution in [0.4, 0.5) is 0 Å². The summed E-state index contributed by atoms with van der Waals surface area (Å²) in [6.45, 7) is 26.3. The van der Waals surface area contributed by atoms with Gasteiger partial charge in [-0.05, 0) is 96.7 Å². The number of aromatic nitrogens is 1. The largest absolute Gasteiger partial charge is 0.361 e. The average Bonchev–Trinajstić information content (AvgIpc) is 3.27. The van der Waals surface area contributed by atoms with Gasteiger partial charge in [-0.25, -0.2) is 0 Å². The number of carbonyl (C=O) groups excluding carboxylic acids is 1. The maximum atomic E-state index is 13.8. The summed E-state index contributed by atoms with van der Waals surface area (Å²) in [7, 11) is 0. The Morgan fingerprint density at radius 2 is 1.59 bits per heavy atom. The molecule has 5 atom stereocenters. The second-order valence-electron chi connectivity index (χ2n) is 16.1. The zero-order chi connectivity index (χ0) is 27.5. The lowest BCUT2D eigenvalue weighted by Crippen LogP contribution is -2.60. The van der Waals surface area contributed by atoms with Crippen molar-refractivity contribution in [3.05, 3.63) is 30.2 Å². The molecule has 3 nitrogen and oxygen atoms in total. The molecule has 0 aromatic carbocycles. The smallest absolute Gasteiger partial charge is 0.145 e. The summed E-state index contributed by atoms with van der Waals surface area (Å²) >= 11 is 0. The third-order valence-corrected chi connectivity index (χ3v) is 12.5. The van der Waals surface area contributed by atoms with Crippen molar-refractivity contribution < 1.29 is 9.32 Å². The molecule has 0 N–H and O–H groups in total. The fraction of sp³-hybridized carbons (Fsp3) is 0.824. The van der Waals surface area contributed by atoms with E-state index in [0.29, 0.717) is 24.0 Å². The molecule has 208 valence electrons. The van der Waals surface area contributed by atoms with Gasteiger partial charge in [-0.15, -0.1) is 6.58 Å². The van der Waals surface area contributed by atoms with E-state index in [4.69, 9.17) is 4.52 Å². The highest BCUT2D eigenvalue weighted by atomic mass is 16.5. The molecule has 3 aliphatic carbocycles. The fourth-order valence-corrected chi connectivity index (χ4v) is 9.16. The number of Topliss-reactive ketones (excluding diaryl/α,β-unsaturated/α-hetero) is 1. The highest BCUT2D eigenvalue weighted by molar-refractivity contribution is 5.78. The molecule has 3 heteroatoms. The van der Waals surface area contributed by atoms with Gasteiger partial charge in [-0.2, -0.15) is 0 Å². The highest BCUT2D eigenvalue weighted by Gasteiger charge is 2.63. The second-order valence-corrected chi connectivity index (χ2v) is 16.1. The minimum atomic E-state index is -0.0716. The minimum absolute atomic E-state index is 0.0417. The number of hydrogen-bond acceptors (Lipinski definition) is 3. The molecule has 0 bridgehead atoms. The molecule has 4 rings (SSSR count). The zero-order valence-corrected chi connectivity index (χ0v) is 25.6. The first-order valence-electron chi connectivity index (χ1n) is 15.1. The summed E-state index contributed by atoms with van der Waals surface area (Å²) in [6.07, 6.45) is 15.8. The minimum Gasteiger partial charge on any atom is -0.361 e. The van der Waals surface area contributed by atoms with E-state index in [0.717, 1.165) is 37.9 Å². The molecule has 0 amide bonds. The molecular weight excluding hydrogens is 454 g/mol. The van der Waals surface area contributed by atoms with Crippen LogP contribution >= 0.6 is 0 Å². The first-order valence-corrected chi connectivity index (χ1v) is 15.1. The van der Waals surface area contributed by atoms with Gasteiger partial charge in [0.25, 0.3) is 0 Å². The Morgan fingerprint density at radius 3 is 2.27 bits per heavy atom. The lowest BCUT2D eigenvalue weighted by molar-refractivity contribution is -0.156. The van der Waals surface area contributed by atoms with Crippen LogP contribution in [0.1, 0.15) is 138 Å². The lowest BCUT2D eigenvalue weighted by atomic mass is 9.39. The van der Waals surface area contributed by atoms with Gasteiger partial charge in [0, 0.05) is 23.8 Å². The van der Waals surface area contributed by atoms with Crippen LogP contribution in [0.3, 0.4) is 0 Å². The molecule has 2 fully saturated rings. The van der Waals surface area contributed by atoms with Crippen molar-refractivity contribution >= 4 is 5.78 Å².